The summed E-state index contributed by atoms with van der Waals surface area (Å²) in [6.45, 7) is 3.67. The lowest BCUT2D eigenvalue weighted by Gasteiger charge is -2.36. The minimum absolute atomic E-state index is 0.631. The van der Waals surface area contributed by atoms with Crippen molar-refractivity contribution in [3.63, 3.8) is 0 Å². The van der Waals surface area contributed by atoms with Gasteiger partial charge in [0.25, 0.3) is 0 Å². The summed E-state index contributed by atoms with van der Waals surface area (Å²) in [5.41, 5.74) is 2.80. The lowest BCUT2D eigenvalue weighted by molar-refractivity contribution is 0.0421. The van der Waals surface area contributed by atoms with Gasteiger partial charge in [-0.15, -0.1) is 11.8 Å². The second-order valence-corrected chi connectivity index (χ2v) is 6.57. The van der Waals surface area contributed by atoms with Gasteiger partial charge < -0.3 is 9.47 Å². The highest BCUT2D eigenvalue weighted by atomic mass is 16.5. The van der Waals surface area contributed by atoms with Crippen molar-refractivity contribution in [3.8, 4) is 23.7 Å². The van der Waals surface area contributed by atoms with Gasteiger partial charge in [-0.05, 0) is 73.5 Å². The van der Waals surface area contributed by atoms with E-state index in [9.17, 15) is 0 Å². The molecule has 0 atom stereocenters. The molecule has 0 heterocycles. The molecule has 0 aromatic heterocycles. The molecule has 0 saturated heterocycles. The summed E-state index contributed by atoms with van der Waals surface area (Å²) in [4.78, 5) is 0. The summed E-state index contributed by atoms with van der Waals surface area (Å²) < 4.78 is 11.8. The van der Waals surface area contributed by atoms with E-state index in [1.54, 1.807) is 14.2 Å². The first-order valence-electron chi connectivity index (χ1n) is 9.19. The third kappa shape index (κ3) is 3.67. The van der Waals surface area contributed by atoms with Crippen LogP contribution in [0.4, 0.5) is 0 Å². The molecule has 2 nitrogen and oxygen atoms in total. The molecule has 1 aliphatic rings. The van der Waals surface area contributed by atoms with Crippen LogP contribution in [0.15, 0.2) is 72.8 Å². The monoisotopic (exact) mass is 368 g/mol. The highest BCUT2D eigenvalue weighted by Crippen LogP contribution is 2.39. The summed E-state index contributed by atoms with van der Waals surface area (Å²) in [7, 11) is 3.43. The molecule has 3 rings (SSSR count). The van der Waals surface area contributed by atoms with Gasteiger partial charge in [0.05, 0.1) is 0 Å². The first-order chi connectivity index (χ1) is 13.6. The summed E-state index contributed by atoms with van der Waals surface area (Å²) in [6.07, 6.45) is 8.21. The lowest BCUT2D eigenvalue weighted by atomic mass is 9.81. The minimum atomic E-state index is -0.631. The Bertz CT molecular complexity index is 903. The van der Waals surface area contributed by atoms with Crippen LogP contribution in [0, 0.1) is 23.7 Å². The van der Waals surface area contributed by atoms with Crippen LogP contribution in [-0.2, 0) is 20.7 Å². The van der Waals surface area contributed by atoms with Gasteiger partial charge >= 0.3 is 0 Å². The Morgan fingerprint density at radius 3 is 1.14 bits per heavy atom. The molecular formula is C26H24O2. The van der Waals surface area contributed by atoms with E-state index >= 15 is 0 Å². The van der Waals surface area contributed by atoms with Crippen LogP contribution < -0.4 is 0 Å². The van der Waals surface area contributed by atoms with E-state index in [0.717, 1.165) is 22.3 Å². The second-order valence-electron chi connectivity index (χ2n) is 6.57. The normalized spacial score (nSPS) is 22.7. The van der Waals surface area contributed by atoms with Crippen molar-refractivity contribution in [2.75, 3.05) is 14.2 Å². The quantitative estimate of drug-likeness (QED) is 0.562. The molecule has 0 saturated carbocycles. The van der Waals surface area contributed by atoms with E-state index in [1.165, 1.54) is 0 Å². The van der Waals surface area contributed by atoms with Crippen LogP contribution >= 0.6 is 0 Å². The molecule has 2 aromatic rings. The first-order valence-corrected chi connectivity index (χ1v) is 9.19. The molecule has 140 valence electrons. The molecule has 0 N–H and O–H groups in total. The van der Waals surface area contributed by atoms with Crippen molar-refractivity contribution in [2.24, 2.45) is 0 Å². The van der Waals surface area contributed by atoms with Crippen LogP contribution in [0.2, 0.25) is 0 Å². The van der Waals surface area contributed by atoms with Crippen LogP contribution in [0.25, 0.3) is 0 Å². The van der Waals surface area contributed by atoms with Gasteiger partial charge in [-0.1, -0.05) is 36.1 Å². The van der Waals surface area contributed by atoms with Gasteiger partial charge in [0.15, 0.2) is 0 Å². The SMILES string of the molecule is CC#Cc1ccc(C2(OC)C=CC(OC)(c3ccc(C#CC)cc3)C=C2)cc1. The Hall–Kier alpha value is -3.04. The minimum Gasteiger partial charge on any atom is -0.365 e. The van der Waals surface area contributed by atoms with Gasteiger partial charge in [0.1, 0.15) is 11.2 Å². The van der Waals surface area contributed by atoms with Gasteiger partial charge in [0.2, 0.25) is 0 Å². The molecule has 0 fully saturated rings. The molecular weight excluding hydrogens is 344 g/mol. The Morgan fingerprint density at radius 2 is 0.893 bits per heavy atom. The summed E-state index contributed by atoms with van der Waals surface area (Å²) in [5, 5.41) is 0. The highest BCUT2D eigenvalue weighted by molar-refractivity contribution is 5.47. The Balaban J connectivity index is 1.95. The zero-order valence-electron chi connectivity index (χ0n) is 16.7. The molecule has 0 bridgehead atoms. The third-order valence-corrected chi connectivity index (χ3v) is 5.04. The van der Waals surface area contributed by atoms with E-state index in [-0.39, 0.29) is 0 Å². The van der Waals surface area contributed by atoms with E-state index in [1.807, 2.05) is 38.1 Å². The molecule has 0 amide bonds. The molecule has 0 aliphatic heterocycles. The Morgan fingerprint density at radius 1 is 0.571 bits per heavy atom. The van der Waals surface area contributed by atoms with Gasteiger partial charge in [0, 0.05) is 25.3 Å². The molecule has 0 radical (unpaired) electrons. The zero-order valence-corrected chi connectivity index (χ0v) is 16.7. The molecule has 2 heteroatoms. The maximum Gasteiger partial charge on any atom is 0.129 e. The van der Waals surface area contributed by atoms with Gasteiger partial charge in [-0.25, -0.2) is 0 Å². The van der Waals surface area contributed by atoms with Crippen molar-refractivity contribution < 1.29 is 9.47 Å². The number of hydrogen-bond acceptors (Lipinski definition) is 2. The second kappa shape index (κ2) is 8.32. The molecule has 0 unspecified atom stereocenters. The fourth-order valence-corrected chi connectivity index (χ4v) is 3.42. The van der Waals surface area contributed by atoms with Crippen molar-refractivity contribution >= 4 is 0 Å². The largest absolute Gasteiger partial charge is 0.365 e. The lowest BCUT2D eigenvalue weighted by Crippen LogP contribution is -2.33. The third-order valence-electron chi connectivity index (χ3n) is 5.04. The number of hydrogen-bond donors (Lipinski definition) is 0. The zero-order chi connectivity index (χ0) is 20.0. The van der Waals surface area contributed by atoms with Crippen molar-refractivity contribution in [3.05, 3.63) is 95.1 Å². The average Bonchev–Trinajstić information content (AvgIpc) is 2.75. The van der Waals surface area contributed by atoms with Crippen LogP contribution in [0.3, 0.4) is 0 Å². The standard InChI is InChI=1S/C26H24O2/c1-5-7-21-9-13-23(14-10-21)25(27-3)17-19-26(28-4,20-18-25)24-15-11-22(8-6-2)12-16-24/h9-20H,1-4H3. The fraction of sp³-hybridized carbons (Fsp3) is 0.231. The van der Waals surface area contributed by atoms with E-state index < -0.39 is 11.2 Å². The van der Waals surface area contributed by atoms with Gasteiger partial charge in [-0.2, -0.15) is 0 Å². The number of benzene rings is 2. The van der Waals surface area contributed by atoms with Crippen molar-refractivity contribution in [1.29, 1.82) is 0 Å². The molecule has 1 aliphatic carbocycles. The maximum absolute atomic E-state index is 5.91. The van der Waals surface area contributed by atoms with Crippen LogP contribution in [-0.4, -0.2) is 14.2 Å². The van der Waals surface area contributed by atoms with Gasteiger partial charge in [-0.3, -0.25) is 0 Å². The summed E-state index contributed by atoms with van der Waals surface area (Å²) >= 11 is 0. The average molecular weight is 368 g/mol. The summed E-state index contributed by atoms with van der Waals surface area (Å²) in [6, 6.07) is 16.3. The topological polar surface area (TPSA) is 18.5 Å². The summed E-state index contributed by atoms with van der Waals surface area (Å²) in [5.74, 6) is 12.0. The fourth-order valence-electron chi connectivity index (χ4n) is 3.42. The number of rotatable bonds is 4. The predicted molar refractivity (Wildman–Crippen MR) is 114 cm³/mol. The smallest absolute Gasteiger partial charge is 0.129 e. The van der Waals surface area contributed by atoms with E-state index in [4.69, 9.17) is 9.47 Å². The van der Waals surface area contributed by atoms with E-state index in [0.29, 0.717) is 0 Å². The first kappa shape index (κ1) is 19.7. The molecule has 2 aromatic carbocycles. The van der Waals surface area contributed by atoms with Crippen molar-refractivity contribution in [2.45, 2.75) is 25.0 Å². The van der Waals surface area contributed by atoms with E-state index in [2.05, 4.69) is 72.3 Å². The maximum atomic E-state index is 5.91. The number of ether oxygens (including phenoxy) is 2. The highest BCUT2D eigenvalue weighted by Gasteiger charge is 2.36. The Kier molecular flexibility index (Phi) is 5.86. The molecule has 28 heavy (non-hydrogen) atoms. The van der Waals surface area contributed by atoms with Crippen LogP contribution in [0.5, 0.6) is 0 Å². The van der Waals surface area contributed by atoms with Crippen LogP contribution in [0.1, 0.15) is 36.1 Å². The number of methoxy groups -OCH3 is 2. The predicted octanol–water partition coefficient (Wildman–Crippen LogP) is 4.94. The van der Waals surface area contributed by atoms with Crippen molar-refractivity contribution in [1.82, 2.24) is 0 Å². The Labute approximate surface area is 167 Å². The molecule has 0 spiro atoms.